The second kappa shape index (κ2) is 5.82. The van der Waals surface area contributed by atoms with Crippen molar-refractivity contribution in [3.8, 4) is 0 Å². The molecule has 1 aromatic rings. The van der Waals surface area contributed by atoms with Crippen LogP contribution in [0.3, 0.4) is 0 Å². The highest BCUT2D eigenvalue weighted by molar-refractivity contribution is 6.87. The molecule has 0 fully saturated rings. The third-order valence-corrected chi connectivity index (χ3v) is 4.38. The molecule has 0 saturated heterocycles. The second-order valence-electron chi connectivity index (χ2n) is 4.94. The van der Waals surface area contributed by atoms with Crippen LogP contribution in [0.15, 0.2) is 35.5 Å². The summed E-state index contributed by atoms with van der Waals surface area (Å²) in [6.45, 7) is 8.72. The van der Waals surface area contributed by atoms with Crippen LogP contribution in [-0.2, 0) is 9.53 Å². The maximum absolute atomic E-state index is 11.9. The Kier molecular flexibility index (Phi) is 4.69. The van der Waals surface area contributed by atoms with Crippen LogP contribution in [0, 0.1) is 0 Å². The molecule has 1 aromatic carbocycles. The van der Waals surface area contributed by atoms with Crippen molar-refractivity contribution in [1.29, 1.82) is 0 Å². The van der Waals surface area contributed by atoms with Crippen molar-refractivity contribution in [1.82, 2.24) is 0 Å². The van der Waals surface area contributed by atoms with Crippen LogP contribution in [0.4, 0.5) is 0 Å². The third kappa shape index (κ3) is 4.19. The Balaban J connectivity index is 3.07. The molecule has 0 heterocycles. The van der Waals surface area contributed by atoms with Crippen LogP contribution in [0.2, 0.25) is 19.6 Å². The molecule has 92 valence electrons. The summed E-state index contributed by atoms with van der Waals surface area (Å²) in [6.07, 6.45) is 1.96. The standard InChI is InChI=1S/C14H20O2Si/c1-5-16-14(15)13(17(2,3)4)11-12-9-7-6-8-10-12/h6-11H,5H2,1-4H3/b13-11+. The van der Waals surface area contributed by atoms with Crippen molar-refractivity contribution in [3.63, 3.8) is 0 Å². The highest BCUT2D eigenvalue weighted by Crippen LogP contribution is 2.19. The van der Waals surface area contributed by atoms with Crippen molar-refractivity contribution >= 4 is 20.1 Å². The fourth-order valence-electron chi connectivity index (χ4n) is 1.51. The summed E-state index contributed by atoms with van der Waals surface area (Å²) in [5.74, 6) is -0.171. The monoisotopic (exact) mass is 248 g/mol. The fraction of sp³-hybridized carbons (Fsp3) is 0.357. The Morgan fingerprint density at radius 1 is 1.24 bits per heavy atom. The van der Waals surface area contributed by atoms with E-state index in [2.05, 4.69) is 19.6 Å². The number of carbonyl (C=O) groups is 1. The lowest BCUT2D eigenvalue weighted by Gasteiger charge is -2.19. The van der Waals surface area contributed by atoms with Crippen LogP contribution < -0.4 is 0 Å². The molecule has 2 nitrogen and oxygen atoms in total. The zero-order valence-corrected chi connectivity index (χ0v) is 12.0. The van der Waals surface area contributed by atoms with Crippen LogP contribution in [0.1, 0.15) is 12.5 Å². The van der Waals surface area contributed by atoms with Gasteiger partial charge in [0, 0.05) is 5.20 Å². The van der Waals surface area contributed by atoms with Crippen LogP contribution in [0.25, 0.3) is 6.08 Å². The first kappa shape index (κ1) is 13.7. The molecule has 0 aliphatic rings. The first-order valence-electron chi connectivity index (χ1n) is 5.89. The summed E-state index contributed by atoms with van der Waals surface area (Å²) >= 11 is 0. The lowest BCUT2D eigenvalue weighted by molar-refractivity contribution is -0.137. The first-order valence-corrected chi connectivity index (χ1v) is 9.39. The van der Waals surface area contributed by atoms with Gasteiger partial charge in [0.2, 0.25) is 0 Å². The number of hydrogen-bond donors (Lipinski definition) is 0. The van der Waals surface area contributed by atoms with Gasteiger partial charge in [0.25, 0.3) is 0 Å². The molecule has 1 rings (SSSR count). The van der Waals surface area contributed by atoms with E-state index in [9.17, 15) is 4.79 Å². The highest BCUT2D eigenvalue weighted by Gasteiger charge is 2.26. The molecule has 0 aliphatic carbocycles. The van der Waals surface area contributed by atoms with Gasteiger partial charge in [0.15, 0.2) is 0 Å². The summed E-state index contributed by atoms with van der Waals surface area (Å²) in [4.78, 5) is 11.9. The van der Waals surface area contributed by atoms with E-state index in [0.29, 0.717) is 6.61 Å². The van der Waals surface area contributed by atoms with E-state index < -0.39 is 8.07 Å². The molecule has 0 saturated carbocycles. The lowest BCUT2D eigenvalue weighted by Crippen LogP contribution is -2.30. The molecule has 0 spiro atoms. The molecule has 0 radical (unpaired) electrons. The van der Waals surface area contributed by atoms with Gasteiger partial charge in [-0.05, 0) is 18.6 Å². The number of benzene rings is 1. The topological polar surface area (TPSA) is 26.3 Å². The second-order valence-corrected chi connectivity index (χ2v) is 9.98. The van der Waals surface area contributed by atoms with Crippen molar-refractivity contribution in [3.05, 3.63) is 41.1 Å². The maximum atomic E-state index is 11.9. The minimum absolute atomic E-state index is 0.171. The quantitative estimate of drug-likeness (QED) is 0.463. The fourth-order valence-corrected chi connectivity index (χ4v) is 2.79. The number of ether oxygens (including phenoxy) is 1. The van der Waals surface area contributed by atoms with E-state index in [0.717, 1.165) is 10.8 Å². The predicted molar refractivity (Wildman–Crippen MR) is 74.4 cm³/mol. The van der Waals surface area contributed by atoms with Crippen LogP contribution >= 0.6 is 0 Å². The molecule has 0 bridgehead atoms. The Hall–Kier alpha value is -1.35. The van der Waals surface area contributed by atoms with Gasteiger partial charge in [0.05, 0.1) is 14.7 Å². The normalized spacial score (nSPS) is 12.4. The highest BCUT2D eigenvalue weighted by atomic mass is 28.3. The van der Waals surface area contributed by atoms with E-state index in [1.54, 1.807) is 0 Å². The number of rotatable bonds is 4. The van der Waals surface area contributed by atoms with Gasteiger partial charge >= 0.3 is 5.97 Å². The van der Waals surface area contributed by atoms with E-state index in [-0.39, 0.29) is 5.97 Å². The minimum Gasteiger partial charge on any atom is -0.463 e. The molecule has 0 unspecified atom stereocenters. The molecule has 0 N–H and O–H groups in total. The van der Waals surface area contributed by atoms with E-state index in [1.165, 1.54) is 0 Å². The van der Waals surface area contributed by atoms with Crippen molar-refractivity contribution in [2.24, 2.45) is 0 Å². The molecule has 0 aromatic heterocycles. The van der Waals surface area contributed by atoms with E-state index >= 15 is 0 Å². The van der Waals surface area contributed by atoms with Gasteiger partial charge in [-0.25, -0.2) is 4.79 Å². The third-order valence-electron chi connectivity index (χ3n) is 2.41. The molecule has 17 heavy (non-hydrogen) atoms. The average Bonchev–Trinajstić information content (AvgIpc) is 2.26. The van der Waals surface area contributed by atoms with E-state index in [4.69, 9.17) is 4.74 Å². The Morgan fingerprint density at radius 3 is 2.29 bits per heavy atom. The Labute approximate surface area is 104 Å². The summed E-state index contributed by atoms with van der Waals surface area (Å²) in [5.41, 5.74) is 1.05. The van der Waals surface area contributed by atoms with E-state index in [1.807, 2.05) is 43.3 Å². The molecule has 0 atom stereocenters. The van der Waals surface area contributed by atoms with Gasteiger partial charge in [0.1, 0.15) is 0 Å². The molecule has 3 heteroatoms. The zero-order valence-electron chi connectivity index (χ0n) is 11.0. The molecular weight excluding hydrogens is 228 g/mol. The number of hydrogen-bond acceptors (Lipinski definition) is 2. The number of esters is 1. The summed E-state index contributed by atoms with van der Waals surface area (Å²) in [6, 6.07) is 9.91. The van der Waals surface area contributed by atoms with Crippen LogP contribution in [-0.4, -0.2) is 20.7 Å². The maximum Gasteiger partial charge on any atom is 0.329 e. The lowest BCUT2D eigenvalue weighted by atomic mass is 10.2. The largest absolute Gasteiger partial charge is 0.463 e. The minimum atomic E-state index is -1.68. The van der Waals surface area contributed by atoms with Gasteiger partial charge < -0.3 is 4.74 Å². The Morgan fingerprint density at radius 2 is 1.82 bits per heavy atom. The molecule has 0 amide bonds. The van der Waals surface area contributed by atoms with Gasteiger partial charge in [-0.15, -0.1) is 0 Å². The zero-order chi connectivity index (χ0) is 12.9. The van der Waals surface area contributed by atoms with Gasteiger partial charge in [-0.1, -0.05) is 50.0 Å². The Bertz CT molecular complexity index is 402. The van der Waals surface area contributed by atoms with Crippen molar-refractivity contribution in [2.45, 2.75) is 26.6 Å². The summed E-state index contributed by atoms with van der Waals surface area (Å²) < 4.78 is 5.13. The van der Waals surface area contributed by atoms with Crippen LogP contribution in [0.5, 0.6) is 0 Å². The predicted octanol–water partition coefficient (Wildman–Crippen LogP) is 3.51. The molecule has 0 aliphatic heterocycles. The first-order chi connectivity index (χ1) is 7.95. The molecular formula is C14H20O2Si. The van der Waals surface area contributed by atoms with Crippen molar-refractivity contribution < 1.29 is 9.53 Å². The summed E-state index contributed by atoms with van der Waals surface area (Å²) in [7, 11) is -1.68. The smallest absolute Gasteiger partial charge is 0.329 e. The van der Waals surface area contributed by atoms with Gasteiger partial charge in [-0.3, -0.25) is 0 Å². The average molecular weight is 248 g/mol. The summed E-state index contributed by atoms with van der Waals surface area (Å²) in [5, 5.41) is 0.838. The SMILES string of the molecule is CCOC(=O)/C(=C\c1ccccc1)[Si](C)(C)C. The van der Waals surface area contributed by atoms with Gasteiger partial charge in [-0.2, -0.15) is 0 Å². The van der Waals surface area contributed by atoms with Crippen molar-refractivity contribution in [2.75, 3.05) is 6.61 Å². The number of carbonyl (C=O) groups excluding carboxylic acids is 1.